The van der Waals surface area contributed by atoms with Crippen molar-refractivity contribution in [3.8, 4) is 0 Å². The van der Waals surface area contributed by atoms with Gasteiger partial charge in [-0.15, -0.1) is 0 Å². The van der Waals surface area contributed by atoms with E-state index in [2.05, 4.69) is 5.32 Å². The molecule has 1 aromatic carbocycles. The van der Waals surface area contributed by atoms with E-state index in [-0.39, 0.29) is 18.6 Å². The molecule has 6 heteroatoms. The second-order valence-corrected chi connectivity index (χ2v) is 5.28. The van der Waals surface area contributed by atoms with Crippen molar-refractivity contribution in [1.29, 1.82) is 0 Å². The highest BCUT2D eigenvalue weighted by atomic mass is 35.5. The molecule has 1 amide bonds. The smallest absolute Gasteiger partial charge is 0.245 e. The number of anilines is 2. The number of carbonyl (C=O) groups excluding carboxylic acids is 1. The van der Waals surface area contributed by atoms with Gasteiger partial charge in [-0.3, -0.25) is 4.79 Å². The molecule has 1 aliphatic heterocycles. The van der Waals surface area contributed by atoms with E-state index in [1.807, 2.05) is 24.8 Å². The van der Waals surface area contributed by atoms with Crippen molar-refractivity contribution in [2.45, 2.75) is 25.9 Å². The van der Waals surface area contributed by atoms with Crippen LogP contribution in [-0.2, 0) is 4.79 Å². The third kappa shape index (κ3) is 2.54. The fourth-order valence-electron chi connectivity index (χ4n) is 2.28. The van der Waals surface area contributed by atoms with E-state index in [4.69, 9.17) is 22.4 Å². The summed E-state index contributed by atoms with van der Waals surface area (Å²) in [6.45, 7) is 4.56. The number of nitrogens with two attached hydrogens (primary N) is 1. The number of nitrogens with zero attached hydrogens (tertiary/aromatic N) is 1. The minimum Gasteiger partial charge on any atom is -0.395 e. The van der Waals surface area contributed by atoms with Crippen LogP contribution in [0.4, 0.5) is 11.4 Å². The van der Waals surface area contributed by atoms with Crippen LogP contribution in [0.5, 0.6) is 0 Å². The summed E-state index contributed by atoms with van der Waals surface area (Å²) in [5, 5.41) is 12.4. The summed E-state index contributed by atoms with van der Waals surface area (Å²) in [5.41, 5.74) is 7.98. The van der Waals surface area contributed by atoms with Crippen LogP contribution in [0, 0.1) is 0 Å². The quantitative estimate of drug-likeness (QED) is 0.782. The van der Waals surface area contributed by atoms with E-state index < -0.39 is 6.04 Å². The maximum absolute atomic E-state index is 11.6. The number of aliphatic hydroxyl groups is 1. The number of amides is 1. The molecule has 0 bridgehead atoms. The molecule has 1 atom stereocenters. The SMILES string of the molecule is CC(C)N(CCO)c1cc2c(cc1Cl)C(N)C(=O)N2. The van der Waals surface area contributed by atoms with E-state index in [1.54, 1.807) is 6.07 Å². The van der Waals surface area contributed by atoms with Crippen LogP contribution < -0.4 is 16.0 Å². The van der Waals surface area contributed by atoms with Gasteiger partial charge in [0, 0.05) is 23.8 Å². The van der Waals surface area contributed by atoms with E-state index in [0.717, 1.165) is 5.69 Å². The minimum atomic E-state index is -0.660. The van der Waals surface area contributed by atoms with Crippen LogP contribution in [0.25, 0.3) is 0 Å². The number of carbonyl (C=O) groups is 1. The van der Waals surface area contributed by atoms with Crippen LogP contribution in [0.1, 0.15) is 25.5 Å². The molecule has 1 unspecified atom stereocenters. The van der Waals surface area contributed by atoms with Crippen molar-refractivity contribution >= 4 is 28.9 Å². The second-order valence-electron chi connectivity index (χ2n) is 4.87. The monoisotopic (exact) mass is 283 g/mol. The predicted octanol–water partition coefficient (Wildman–Crippen LogP) is 1.50. The Morgan fingerprint density at radius 2 is 2.21 bits per heavy atom. The number of rotatable bonds is 4. The van der Waals surface area contributed by atoms with Crippen molar-refractivity contribution in [1.82, 2.24) is 0 Å². The Bertz CT molecular complexity index is 505. The standard InChI is InChI=1S/C13H18ClN3O2/c1-7(2)17(3-4-18)11-6-10-8(5-9(11)14)12(15)13(19)16-10/h5-7,12,18H,3-4,15H2,1-2H3,(H,16,19). The van der Waals surface area contributed by atoms with Crippen molar-refractivity contribution < 1.29 is 9.90 Å². The zero-order valence-electron chi connectivity index (χ0n) is 11.0. The number of hydrogen-bond donors (Lipinski definition) is 3. The van der Waals surface area contributed by atoms with Crippen molar-refractivity contribution in [3.05, 3.63) is 22.7 Å². The lowest BCUT2D eigenvalue weighted by Crippen LogP contribution is -2.33. The zero-order valence-corrected chi connectivity index (χ0v) is 11.7. The van der Waals surface area contributed by atoms with Crippen molar-refractivity contribution in [2.24, 2.45) is 5.73 Å². The average molecular weight is 284 g/mol. The fraction of sp³-hybridized carbons (Fsp3) is 0.462. The maximum atomic E-state index is 11.6. The average Bonchev–Trinajstić information content (AvgIpc) is 2.62. The van der Waals surface area contributed by atoms with Crippen molar-refractivity contribution in [3.63, 3.8) is 0 Å². The summed E-state index contributed by atoms with van der Waals surface area (Å²) < 4.78 is 0. The highest BCUT2D eigenvalue weighted by Gasteiger charge is 2.29. The molecule has 0 aromatic heterocycles. The third-order valence-electron chi connectivity index (χ3n) is 3.27. The molecule has 0 saturated heterocycles. The van der Waals surface area contributed by atoms with Gasteiger partial charge in [-0.2, -0.15) is 0 Å². The summed E-state index contributed by atoms with van der Waals surface area (Å²) in [5.74, 6) is -0.221. The number of nitrogens with one attached hydrogen (secondary N) is 1. The molecule has 0 aliphatic carbocycles. The number of aliphatic hydroxyl groups excluding tert-OH is 1. The molecule has 0 spiro atoms. The molecule has 0 saturated carbocycles. The highest BCUT2D eigenvalue weighted by molar-refractivity contribution is 6.33. The molecule has 1 heterocycles. The Balaban J connectivity index is 2.43. The molecule has 5 nitrogen and oxygen atoms in total. The summed E-state index contributed by atoms with van der Waals surface area (Å²) in [6.07, 6.45) is 0. The molecule has 2 rings (SSSR count). The Hall–Kier alpha value is -1.30. The van der Waals surface area contributed by atoms with E-state index in [9.17, 15) is 4.79 Å². The highest BCUT2D eigenvalue weighted by Crippen LogP contribution is 2.38. The molecule has 1 aromatic rings. The Morgan fingerprint density at radius 3 is 2.79 bits per heavy atom. The van der Waals surface area contributed by atoms with Crippen LogP contribution in [0.15, 0.2) is 12.1 Å². The van der Waals surface area contributed by atoms with Crippen LogP contribution in [0.2, 0.25) is 5.02 Å². The predicted molar refractivity (Wildman–Crippen MR) is 76.6 cm³/mol. The van der Waals surface area contributed by atoms with E-state index in [1.165, 1.54) is 0 Å². The second kappa shape index (κ2) is 5.36. The topological polar surface area (TPSA) is 78.6 Å². The van der Waals surface area contributed by atoms with Gasteiger partial charge in [-0.05, 0) is 26.0 Å². The first-order chi connectivity index (χ1) is 8.95. The summed E-state index contributed by atoms with van der Waals surface area (Å²) in [7, 11) is 0. The van der Waals surface area contributed by atoms with Gasteiger partial charge in [0.05, 0.1) is 17.3 Å². The molecular weight excluding hydrogens is 266 g/mol. The summed E-state index contributed by atoms with van der Waals surface area (Å²) in [4.78, 5) is 13.5. The fourth-order valence-corrected chi connectivity index (χ4v) is 2.56. The molecule has 104 valence electrons. The first-order valence-corrected chi connectivity index (χ1v) is 6.61. The van der Waals surface area contributed by atoms with Crippen LogP contribution in [0.3, 0.4) is 0 Å². The van der Waals surface area contributed by atoms with Crippen molar-refractivity contribution in [2.75, 3.05) is 23.4 Å². The van der Waals surface area contributed by atoms with Gasteiger partial charge < -0.3 is 21.1 Å². The normalized spacial score (nSPS) is 17.6. The molecule has 0 fully saturated rings. The third-order valence-corrected chi connectivity index (χ3v) is 3.57. The van der Waals surface area contributed by atoms with E-state index in [0.29, 0.717) is 22.8 Å². The largest absolute Gasteiger partial charge is 0.395 e. The lowest BCUT2D eigenvalue weighted by molar-refractivity contribution is -0.116. The number of fused-ring (bicyclic) bond motifs is 1. The van der Waals surface area contributed by atoms with Gasteiger partial charge in [0.25, 0.3) is 0 Å². The molecule has 4 N–H and O–H groups in total. The number of halogens is 1. The maximum Gasteiger partial charge on any atom is 0.245 e. The number of benzene rings is 1. The first kappa shape index (κ1) is 14.1. The molecule has 19 heavy (non-hydrogen) atoms. The summed E-state index contributed by atoms with van der Waals surface area (Å²) in [6, 6.07) is 3.07. The van der Waals surface area contributed by atoms with Gasteiger partial charge in [0.15, 0.2) is 0 Å². The van der Waals surface area contributed by atoms with Gasteiger partial charge >= 0.3 is 0 Å². The minimum absolute atomic E-state index is 0.0392. The Kier molecular flexibility index (Phi) is 3.99. The lowest BCUT2D eigenvalue weighted by atomic mass is 10.1. The van der Waals surface area contributed by atoms with Crippen LogP contribution in [-0.4, -0.2) is 30.2 Å². The lowest BCUT2D eigenvalue weighted by Gasteiger charge is -2.29. The van der Waals surface area contributed by atoms with Crippen LogP contribution >= 0.6 is 11.6 Å². The van der Waals surface area contributed by atoms with Gasteiger partial charge in [-0.25, -0.2) is 0 Å². The Morgan fingerprint density at radius 1 is 1.53 bits per heavy atom. The van der Waals surface area contributed by atoms with Gasteiger partial charge in [-0.1, -0.05) is 11.6 Å². The van der Waals surface area contributed by atoms with E-state index >= 15 is 0 Å². The van der Waals surface area contributed by atoms with Gasteiger partial charge in [0.2, 0.25) is 5.91 Å². The Labute approximate surface area is 117 Å². The zero-order chi connectivity index (χ0) is 14.2. The molecule has 1 aliphatic rings. The summed E-state index contributed by atoms with van der Waals surface area (Å²) >= 11 is 6.28. The van der Waals surface area contributed by atoms with Gasteiger partial charge in [0.1, 0.15) is 6.04 Å². The number of hydrogen-bond acceptors (Lipinski definition) is 4. The first-order valence-electron chi connectivity index (χ1n) is 6.23. The molecule has 0 radical (unpaired) electrons. The molecular formula is C13H18ClN3O2.